The van der Waals surface area contributed by atoms with E-state index in [1.807, 2.05) is 0 Å². The Morgan fingerprint density at radius 3 is 2.90 bits per heavy atom. The molecule has 0 amide bonds. The zero-order chi connectivity index (χ0) is 19.3. The number of imidazole rings is 1. The summed E-state index contributed by atoms with van der Waals surface area (Å²) < 4.78 is 37.9. The van der Waals surface area contributed by atoms with Crippen molar-refractivity contribution in [3.8, 4) is 0 Å². The number of benzene rings is 1. The number of aromatic nitrogens is 6. The Balaban J connectivity index is 0.00000205. The molecule has 5 rings (SSSR count). The number of halogens is 3. The monoisotopic (exact) mass is 420 g/mol. The Labute approximate surface area is 170 Å². The molecule has 152 valence electrons. The van der Waals surface area contributed by atoms with Gasteiger partial charge in [-0.2, -0.15) is 5.10 Å². The molecule has 10 heteroatoms. The number of hydrogen-bond acceptors (Lipinski definition) is 5. The molecule has 1 aromatic carbocycles. The smallest absolute Gasteiger partial charge is 0.291 e. The lowest BCUT2D eigenvalue weighted by atomic mass is 10.0. The highest BCUT2D eigenvalue weighted by Gasteiger charge is 2.45. The molecule has 4 aromatic rings. The molecular formula is C19H19ClF2N6O. The molecule has 0 N–H and O–H groups in total. The van der Waals surface area contributed by atoms with Crippen LogP contribution in [0.25, 0.3) is 21.9 Å². The van der Waals surface area contributed by atoms with Crippen LogP contribution in [0.1, 0.15) is 25.7 Å². The molecule has 1 saturated heterocycles. The molecule has 0 aliphatic carbocycles. The number of ether oxygens (including phenoxy) is 1. The lowest BCUT2D eigenvalue weighted by molar-refractivity contribution is -0.147. The zero-order valence-electron chi connectivity index (χ0n) is 14.6. The highest BCUT2D eigenvalue weighted by molar-refractivity contribution is 6.31. The van der Waals surface area contributed by atoms with Gasteiger partial charge in [-0.25, -0.2) is 23.4 Å². The Kier molecular flexibility index (Phi) is 4.95. The Morgan fingerprint density at radius 1 is 1.28 bits per heavy atom. The van der Waals surface area contributed by atoms with Crippen molar-refractivity contribution < 1.29 is 13.5 Å². The van der Waals surface area contributed by atoms with Crippen LogP contribution in [-0.2, 0) is 11.3 Å². The topological polar surface area (TPSA) is 70.7 Å². The molecule has 0 spiro atoms. The van der Waals surface area contributed by atoms with Gasteiger partial charge in [-0.15, -0.1) is 0 Å². The van der Waals surface area contributed by atoms with Crippen LogP contribution in [0, 0.1) is 0 Å². The van der Waals surface area contributed by atoms with Gasteiger partial charge >= 0.3 is 0 Å². The van der Waals surface area contributed by atoms with Crippen molar-refractivity contribution in [2.24, 2.45) is 0 Å². The van der Waals surface area contributed by atoms with Crippen molar-refractivity contribution in [3.05, 3.63) is 47.9 Å². The maximum absolute atomic E-state index is 14.8. The van der Waals surface area contributed by atoms with Crippen molar-refractivity contribution in [1.82, 2.24) is 29.3 Å². The van der Waals surface area contributed by atoms with E-state index in [9.17, 15) is 8.78 Å². The van der Waals surface area contributed by atoms with E-state index in [0.29, 0.717) is 32.8 Å². The summed E-state index contributed by atoms with van der Waals surface area (Å²) in [7, 11) is 0. The average molecular weight is 421 g/mol. The van der Waals surface area contributed by atoms with Crippen molar-refractivity contribution in [2.75, 3.05) is 13.2 Å². The lowest BCUT2D eigenvalue weighted by Gasteiger charge is -2.33. The number of alkyl halides is 2. The molecule has 29 heavy (non-hydrogen) atoms. The molecule has 0 bridgehead atoms. The maximum Gasteiger partial charge on any atom is 0.291 e. The van der Waals surface area contributed by atoms with E-state index >= 15 is 0 Å². The third-order valence-electron chi connectivity index (χ3n) is 4.95. The zero-order valence-corrected chi connectivity index (χ0v) is 15.4. The summed E-state index contributed by atoms with van der Waals surface area (Å²) in [5.41, 5.74) is 1.79. The fourth-order valence-electron chi connectivity index (χ4n) is 3.73. The third-order valence-corrected chi connectivity index (χ3v) is 5.19. The molecule has 1 aliphatic heterocycles. The summed E-state index contributed by atoms with van der Waals surface area (Å²) >= 11 is 6.19. The van der Waals surface area contributed by atoms with Gasteiger partial charge in [0.1, 0.15) is 43.2 Å². The molecule has 7 nitrogen and oxygen atoms in total. The molecule has 4 heterocycles. The second-order valence-corrected chi connectivity index (χ2v) is 7.20. The predicted molar refractivity (Wildman–Crippen MR) is 105 cm³/mol. The first kappa shape index (κ1) is 19.7. The average Bonchev–Trinajstić information content (AvgIpc) is 3.29. The fraction of sp³-hybridized carbons (Fsp3) is 0.368. The van der Waals surface area contributed by atoms with Crippen LogP contribution in [0.3, 0.4) is 0 Å². The van der Waals surface area contributed by atoms with Gasteiger partial charge in [-0.1, -0.05) is 19.0 Å². The summed E-state index contributed by atoms with van der Waals surface area (Å²) in [6.45, 7) is -0.152. The number of nitrogens with zero attached hydrogens (tertiary/aromatic N) is 6. The number of fused-ring (bicyclic) bond motifs is 3. The fourth-order valence-corrected chi connectivity index (χ4v) is 3.90. The Bertz CT molecular complexity index is 1160. The summed E-state index contributed by atoms with van der Waals surface area (Å²) in [6, 6.07) is 4.15. The van der Waals surface area contributed by atoms with E-state index < -0.39 is 18.6 Å². The van der Waals surface area contributed by atoms with Crippen LogP contribution in [-0.4, -0.2) is 48.4 Å². The highest BCUT2D eigenvalue weighted by atomic mass is 35.5. The van der Waals surface area contributed by atoms with Crippen LogP contribution in [0.4, 0.5) is 8.78 Å². The van der Waals surface area contributed by atoms with Gasteiger partial charge in [-0.3, -0.25) is 4.98 Å². The van der Waals surface area contributed by atoms with E-state index in [1.165, 1.54) is 12.7 Å². The van der Waals surface area contributed by atoms with Crippen molar-refractivity contribution >= 4 is 33.5 Å². The highest BCUT2D eigenvalue weighted by Crippen LogP contribution is 2.40. The van der Waals surface area contributed by atoms with E-state index in [-0.39, 0.29) is 27.0 Å². The van der Waals surface area contributed by atoms with Crippen LogP contribution in [0.5, 0.6) is 0 Å². The van der Waals surface area contributed by atoms with E-state index in [2.05, 4.69) is 20.1 Å². The summed E-state index contributed by atoms with van der Waals surface area (Å²) in [6.07, 6.45) is 4.70. The normalized spacial score (nSPS) is 18.8. The summed E-state index contributed by atoms with van der Waals surface area (Å²) in [4.78, 5) is 12.9. The SMILES string of the molecule is C.FC1(F)COCCC1n1c(Cn2cncn2)nc2cnc3ccc(Cl)cc3c21. The van der Waals surface area contributed by atoms with Crippen LogP contribution < -0.4 is 0 Å². The molecule has 1 fully saturated rings. The van der Waals surface area contributed by atoms with Gasteiger partial charge in [-0.05, 0) is 24.6 Å². The van der Waals surface area contributed by atoms with Crippen molar-refractivity contribution in [3.63, 3.8) is 0 Å². The molecule has 1 unspecified atom stereocenters. The van der Waals surface area contributed by atoms with E-state index in [0.717, 1.165) is 0 Å². The molecular weight excluding hydrogens is 402 g/mol. The van der Waals surface area contributed by atoms with Crippen molar-refractivity contribution in [2.45, 2.75) is 32.4 Å². The minimum absolute atomic E-state index is 0. The number of pyridine rings is 1. The first-order chi connectivity index (χ1) is 13.5. The van der Waals surface area contributed by atoms with Gasteiger partial charge in [0, 0.05) is 17.0 Å². The first-order valence-corrected chi connectivity index (χ1v) is 9.14. The van der Waals surface area contributed by atoms with Crippen molar-refractivity contribution in [1.29, 1.82) is 0 Å². The standard InChI is InChI=1S/C18H15ClF2N6O.CH4/c19-11-1-2-13-12(5-11)17-14(6-23-13)25-16(7-26-10-22-9-24-26)27(17)15-3-4-28-8-18(15,20)21;/h1-2,5-6,9-10,15H,3-4,7-8H2;1H4. The lowest BCUT2D eigenvalue weighted by Crippen LogP contribution is -2.41. The number of hydrogen-bond donors (Lipinski definition) is 0. The number of rotatable bonds is 3. The molecule has 0 radical (unpaired) electrons. The van der Waals surface area contributed by atoms with Gasteiger partial charge in [0.2, 0.25) is 0 Å². The minimum Gasteiger partial charge on any atom is -0.375 e. The summed E-state index contributed by atoms with van der Waals surface area (Å²) in [5, 5.41) is 5.27. The molecule has 1 atom stereocenters. The van der Waals surface area contributed by atoms with E-state index in [1.54, 1.807) is 33.6 Å². The van der Waals surface area contributed by atoms with Crippen LogP contribution >= 0.6 is 11.6 Å². The minimum atomic E-state index is -3.03. The second-order valence-electron chi connectivity index (χ2n) is 6.76. The maximum atomic E-state index is 14.8. The summed E-state index contributed by atoms with van der Waals surface area (Å²) in [5.74, 6) is -2.57. The van der Waals surface area contributed by atoms with Gasteiger partial charge in [0.25, 0.3) is 5.92 Å². The molecule has 0 saturated carbocycles. The van der Waals surface area contributed by atoms with Crippen LogP contribution in [0.15, 0.2) is 37.1 Å². The van der Waals surface area contributed by atoms with Gasteiger partial charge < -0.3 is 9.30 Å². The van der Waals surface area contributed by atoms with Gasteiger partial charge in [0.15, 0.2) is 0 Å². The Hall–Kier alpha value is -2.65. The quantitative estimate of drug-likeness (QED) is 0.498. The first-order valence-electron chi connectivity index (χ1n) is 8.76. The van der Waals surface area contributed by atoms with E-state index in [4.69, 9.17) is 16.3 Å². The van der Waals surface area contributed by atoms with Gasteiger partial charge in [0.05, 0.1) is 17.2 Å². The Morgan fingerprint density at radius 2 is 2.14 bits per heavy atom. The second kappa shape index (κ2) is 7.31. The molecule has 3 aromatic heterocycles. The molecule has 1 aliphatic rings. The third kappa shape index (κ3) is 3.34. The predicted octanol–water partition coefficient (Wildman–Crippen LogP) is 4.11. The largest absolute Gasteiger partial charge is 0.375 e. The van der Waals surface area contributed by atoms with Crippen LogP contribution in [0.2, 0.25) is 5.02 Å².